The van der Waals surface area contributed by atoms with Gasteiger partial charge in [-0.15, -0.1) is 0 Å². The molecule has 0 aliphatic carbocycles. The molecule has 30 heavy (non-hydrogen) atoms. The molecule has 0 unspecified atom stereocenters. The number of ether oxygens (including phenoxy) is 3. The molecule has 3 rings (SSSR count). The van der Waals surface area contributed by atoms with E-state index in [9.17, 15) is 30.3 Å². The second-order valence-electron chi connectivity index (χ2n) is 6.94. The quantitative estimate of drug-likeness (QED) is 0.391. The van der Waals surface area contributed by atoms with E-state index >= 15 is 0 Å². The molecule has 1 heterocycles. The summed E-state index contributed by atoms with van der Waals surface area (Å²) in [6.07, 6.45) is -7.10. The van der Waals surface area contributed by atoms with Crippen LogP contribution in [-0.2, 0) is 11.2 Å². The highest BCUT2D eigenvalue weighted by atomic mass is 16.7. The van der Waals surface area contributed by atoms with Crippen molar-refractivity contribution in [3.05, 3.63) is 53.6 Å². The summed E-state index contributed by atoms with van der Waals surface area (Å²) >= 11 is 0. The van der Waals surface area contributed by atoms with Crippen molar-refractivity contribution in [3.8, 4) is 17.2 Å². The lowest BCUT2D eigenvalue weighted by molar-refractivity contribution is -0.277. The third-order valence-corrected chi connectivity index (χ3v) is 4.89. The maximum Gasteiger partial charge on any atom is 0.229 e. The fourth-order valence-corrected chi connectivity index (χ4v) is 3.14. The fraction of sp³-hybridized carbons (Fsp3) is 0.381. The minimum atomic E-state index is -1.58. The summed E-state index contributed by atoms with van der Waals surface area (Å²) in [5.41, 5.74) is 0.841. The van der Waals surface area contributed by atoms with E-state index in [4.69, 9.17) is 14.2 Å². The Hall–Kier alpha value is -2.69. The van der Waals surface area contributed by atoms with Gasteiger partial charge in [-0.25, -0.2) is 0 Å². The Kier molecular flexibility index (Phi) is 6.91. The number of Topliss-reactive ketones (excluding diaryl/α,β-unsaturated/α-hetero) is 1. The van der Waals surface area contributed by atoms with Crippen molar-refractivity contribution >= 4 is 5.78 Å². The van der Waals surface area contributed by atoms with Gasteiger partial charge in [-0.2, -0.15) is 0 Å². The molecule has 0 amide bonds. The number of ketones is 1. The predicted octanol–water partition coefficient (Wildman–Crippen LogP) is 0.00490. The van der Waals surface area contributed by atoms with Gasteiger partial charge in [0.05, 0.1) is 19.3 Å². The number of benzene rings is 2. The molecule has 1 saturated heterocycles. The molecule has 0 bridgehead atoms. The van der Waals surface area contributed by atoms with Crippen LogP contribution in [0.5, 0.6) is 17.2 Å². The minimum Gasteiger partial charge on any atom is -0.507 e. The van der Waals surface area contributed by atoms with E-state index in [-0.39, 0.29) is 29.3 Å². The van der Waals surface area contributed by atoms with E-state index in [0.717, 1.165) is 5.56 Å². The number of carbonyl (C=O) groups is 1. The van der Waals surface area contributed by atoms with Gasteiger partial charge >= 0.3 is 0 Å². The topological polar surface area (TPSA) is 146 Å². The number of phenolic OH excluding ortho intramolecular Hbond substituents is 1. The number of hydrogen-bond donors (Lipinski definition) is 5. The van der Waals surface area contributed by atoms with Gasteiger partial charge in [0, 0.05) is 12.5 Å². The normalized spacial score (nSPS) is 26.2. The Labute approximate surface area is 172 Å². The second kappa shape index (κ2) is 9.41. The van der Waals surface area contributed by atoms with Gasteiger partial charge in [-0.1, -0.05) is 12.1 Å². The summed E-state index contributed by atoms with van der Waals surface area (Å²) in [5, 5.41) is 49.1. The maximum atomic E-state index is 12.5. The largest absolute Gasteiger partial charge is 0.507 e. The zero-order chi connectivity index (χ0) is 21.8. The van der Waals surface area contributed by atoms with E-state index in [1.165, 1.54) is 18.2 Å². The van der Waals surface area contributed by atoms with Crippen molar-refractivity contribution in [2.45, 2.75) is 37.1 Å². The molecule has 1 fully saturated rings. The Balaban J connectivity index is 1.69. The number of aromatic hydroxyl groups is 1. The molecular weight excluding hydrogens is 396 g/mol. The highest BCUT2D eigenvalue weighted by Gasteiger charge is 2.44. The smallest absolute Gasteiger partial charge is 0.229 e. The standard InChI is InChI=1S/C21H24O9/c1-28-12-4-2-11(3-5-12)8-15(23)14-7-6-13(9-16(14)24)29-21-20(27)19(26)18(25)17(10-22)30-21/h2-7,9,17-22,24-27H,8,10H2,1H3/t17-,18-,19-,20+,21+/m1/s1. The zero-order valence-electron chi connectivity index (χ0n) is 16.2. The van der Waals surface area contributed by atoms with Crippen LogP contribution in [0.25, 0.3) is 0 Å². The molecule has 0 aromatic heterocycles. The Bertz CT molecular complexity index is 865. The summed E-state index contributed by atoms with van der Waals surface area (Å²) in [6, 6.07) is 10.9. The molecule has 162 valence electrons. The van der Waals surface area contributed by atoms with Crippen LogP contribution in [0.2, 0.25) is 0 Å². The van der Waals surface area contributed by atoms with Crippen LogP contribution in [0.4, 0.5) is 0 Å². The number of aliphatic hydroxyl groups is 4. The van der Waals surface area contributed by atoms with Crippen LogP contribution in [0.15, 0.2) is 42.5 Å². The summed E-state index contributed by atoms with van der Waals surface area (Å²) in [5.74, 6) is 0.106. The van der Waals surface area contributed by atoms with Crippen LogP contribution >= 0.6 is 0 Å². The number of methoxy groups -OCH3 is 1. The summed E-state index contributed by atoms with van der Waals surface area (Å²) in [6.45, 7) is -0.588. The van der Waals surface area contributed by atoms with Crippen molar-refractivity contribution in [2.24, 2.45) is 0 Å². The first kappa shape index (κ1) is 22.0. The average Bonchev–Trinajstić information content (AvgIpc) is 2.74. The van der Waals surface area contributed by atoms with Gasteiger partial charge in [0.1, 0.15) is 41.7 Å². The van der Waals surface area contributed by atoms with Gasteiger partial charge in [0.2, 0.25) is 6.29 Å². The molecule has 1 aliphatic rings. The lowest BCUT2D eigenvalue weighted by atomic mass is 9.99. The maximum absolute atomic E-state index is 12.5. The monoisotopic (exact) mass is 420 g/mol. The fourth-order valence-electron chi connectivity index (χ4n) is 3.14. The van der Waals surface area contributed by atoms with Crippen molar-refractivity contribution in [1.82, 2.24) is 0 Å². The van der Waals surface area contributed by atoms with E-state index in [0.29, 0.717) is 5.75 Å². The highest BCUT2D eigenvalue weighted by molar-refractivity contribution is 6.00. The molecule has 9 heteroatoms. The van der Waals surface area contributed by atoms with Crippen LogP contribution < -0.4 is 9.47 Å². The lowest BCUT2D eigenvalue weighted by Crippen LogP contribution is -2.60. The van der Waals surface area contributed by atoms with Crippen molar-refractivity contribution < 1.29 is 44.5 Å². The van der Waals surface area contributed by atoms with Crippen LogP contribution in [0.1, 0.15) is 15.9 Å². The average molecular weight is 420 g/mol. The van der Waals surface area contributed by atoms with Gasteiger partial charge in [0.15, 0.2) is 5.78 Å². The minimum absolute atomic E-state index is 0.0674. The molecule has 9 nitrogen and oxygen atoms in total. The van der Waals surface area contributed by atoms with E-state index < -0.39 is 37.3 Å². The van der Waals surface area contributed by atoms with Crippen molar-refractivity contribution in [2.75, 3.05) is 13.7 Å². The Morgan fingerprint density at radius 3 is 2.27 bits per heavy atom. The molecule has 0 saturated carbocycles. The number of aliphatic hydroxyl groups excluding tert-OH is 4. The highest BCUT2D eigenvalue weighted by Crippen LogP contribution is 2.29. The molecule has 0 radical (unpaired) electrons. The number of phenols is 1. The summed E-state index contributed by atoms with van der Waals surface area (Å²) < 4.78 is 15.8. The third-order valence-electron chi connectivity index (χ3n) is 4.89. The predicted molar refractivity (Wildman–Crippen MR) is 104 cm³/mol. The Morgan fingerprint density at radius 1 is 1.00 bits per heavy atom. The van der Waals surface area contributed by atoms with Gasteiger partial charge in [0.25, 0.3) is 0 Å². The summed E-state index contributed by atoms with van der Waals surface area (Å²) in [4.78, 5) is 12.5. The molecular formula is C21H24O9. The van der Waals surface area contributed by atoms with Crippen molar-refractivity contribution in [3.63, 3.8) is 0 Å². The van der Waals surface area contributed by atoms with Crippen LogP contribution in [-0.4, -0.2) is 75.7 Å². The Morgan fingerprint density at radius 2 is 1.67 bits per heavy atom. The van der Waals surface area contributed by atoms with Gasteiger partial charge < -0.3 is 39.7 Å². The van der Waals surface area contributed by atoms with E-state index in [1.54, 1.807) is 31.4 Å². The van der Waals surface area contributed by atoms with Crippen LogP contribution in [0.3, 0.4) is 0 Å². The van der Waals surface area contributed by atoms with E-state index in [1.807, 2.05) is 0 Å². The SMILES string of the molecule is COc1ccc(CC(=O)c2ccc(O[C@H]3O[C@H](CO)[C@@H](O)[C@@H](O)[C@@H]3O)cc2O)cc1. The van der Waals surface area contributed by atoms with Gasteiger partial charge in [-0.3, -0.25) is 4.79 Å². The molecule has 2 aromatic carbocycles. The first-order chi connectivity index (χ1) is 14.3. The molecule has 1 aliphatic heterocycles. The molecule has 0 spiro atoms. The van der Waals surface area contributed by atoms with Crippen LogP contribution in [0, 0.1) is 0 Å². The molecule has 5 N–H and O–H groups in total. The first-order valence-electron chi connectivity index (χ1n) is 9.30. The number of rotatable bonds is 7. The zero-order valence-corrected chi connectivity index (χ0v) is 16.2. The van der Waals surface area contributed by atoms with Crippen molar-refractivity contribution in [1.29, 1.82) is 0 Å². The molecule has 5 atom stereocenters. The number of carbonyl (C=O) groups excluding carboxylic acids is 1. The molecule has 2 aromatic rings. The number of hydrogen-bond acceptors (Lipinski definition) is 9. The van der Waals surface area contributed by atoms with Gasteiger partial charge in [-0.05, 0) is 29.8 Å². The second-order valence-corrected chi connectivity index (χ2v) is 6.94. The first-order valence-corrected chi connectivity index (χ1v) is 9.30. The summed E-state index contributed by atoms with van der Waals surface area (Å²) in [7, 11) is 1.55. The lowest BCUT2D eigenvalue weighted by Gasteiger charge is -2.39. The van der Waals surface area contributed by atoms with E-state index in [2.05, 4.69) is 0 Å². The third kappa shape index (κ3) is 4.72.